The van der Waals surface area contributed by atoms with Crippen LogP contribution in [0.4, 0.5) is 4.39 Å². The Labute approximate surface area is 120 Å². The maximum atomic E-state index is 14.3. The number of aryl methyl sites for hydroxylation is 2. The normalized spacial score (nSPS) is 13.3. The summed E-state index contributed by atoms with van der Waals surface area (Å²) in [5.41, 5.74) is 3.15. The number of imidazole rings is 1. The fourth-order valence-corrected chi connectivity index (χ4v) is 2.87. The van der Waals surface area contributed by atoms with E-state index in [-0.39, 0.29) is 5.82 Å². The van der Waals surface area contributed by atoms with Gasteiger partial charge in [0.05, 0.1) is 11.0 Å². The third-order valence-corrected chi connectivity index (χ3v) is 3.89. The zero-order valence-corrected chi connectivity index (χ0v) is 11.2. The first kappa shape index (κ1) is 12.0. The van der Waals surface area contributed by atoms with Crippen LogP contribution in [0.25, 0.3) is 22.2 Å². The third kappa shape index (κ3) is 1.80. The predicted octanol–water partition coefficient (Wildman–Crippen LogP) is 3.06. The average Bonchev–Trinajstić information content (AvgIpc) is 3.07. The standard InChI is InChI=1S/C16H11FN4/c17-13-7-14-15(21-5-1-2-16(21)20-14)6-12(13)10-3-4-11(8-18)19-9-10/h3-4,6-7,9H,1-2,5H2. The number of aromatic nitrogens is 3. The largest absolute Gasteiger partial charge is 0.328 e. The maximum Gasteiger partial charge on any atom is 0.140 e. The molecule has 0 aliphatic carbocycles. The van der Waals surface area contributed by atoms with Crippen molar-refractivity contribution < 1.29 is 4.39 Å². The zero-order valence-electron chi connectivity index (χ0n) is 11.2. The first-order valence-corrected chi connectivity index (χ1v) is 6.81. The number of hydrogen-bond acceptors (Lipinski definition) is 3. The minimum Gasteiger partial charge on any atom is -0.328 e. The summed E-state index contributed by atoms with van der Waals surface area (Å²) in [6.07, 6.45) is 3.57. The van der Waals surface area contributed by atoms with Gasteiger partial charge in [0.25, 0.3) is 0 Å². The number of nitrogens with zero attached hydrogens (tertiary/aromatic N) is 4. The van der Waals surface area contributed by atoms with Crippen LogP contribution in [0, 0.1) is 17.1 Å². The number of fused-ring (bicyclic) bond motifs is 3. The first-order chi connectivity index (χ1) is 10.3. The molecule has 0 amide bonds. The van der Waals surface area contributed by atoms with Gasteiger partial charge < -0.3 is 4.57 Å². The van der Waals surface area contributed by atoms with E-state index in [1.54, 1.807) is 12.1 Å². The Kier molecular flexibility index (Phi) is 2.51. The SMILES string of the molecule is N#Cc1ccc(-c2cc3c(cc2F)nc2n3CCC2)cn1. The van der Waals surface area contributed by atoms with Crippen molar-refractivity contribution in [3.05, 3.63) is 47.8 Å². The van der Waals surface area contributed by atoms with Crippen molar-refractivity contribution in [2.75, 3.05) is 0 Å². The van der Waals surface area contributed by atoms with E-state index in [1.165, 1.54) is 12.3 Å². The summed E-state index contributed by atoms with van der Waals surface area (Å²) in [6, 6.07) is 8.59. The summed E-state index contributed by atoms with van der Waals surface area (Å²) in [7, 11) is 0. The second-order valence-corrected chi connectivity index (χ2v) is 5.15. The molecule has 3 heterocycles. The molecule has 0 radical (unpaired) electrons. The Morgan fingerprint density at radius 3 is 2.95 bits per heavy atom. The number of hydrogen-bond donors (Lipinski definition) is 0. The number of halogens is 1. The van der Waals surface area contributed by atoms with Crippen LogP contribution in [-0.4, -0.2) is 14.5 Å². The van der Waals surface area contributed by atoms with E-state index in [0.29, 0.717) is 22.3 Å². The molecule has 0 spiro atoms. The van der Waals surface area contributed by atoms with Crippen LogP contribution in [0.3, 0.4) is 0 Å². The number of rotatable bonds is 1. The lowest BCUT2D eigenvalue weighted by molar-refractivity contribution is 0.632. The minimum absolute atomic E-state index is 0.314. The topological polar surface area (TPSA) is 54.5 Å². The second-order valence-electron chi connectivity index (χ2n) is 5.15. The Bertz CT molecular complexity index is 887. The summed E-state index contributed by atoms with van der Waals surface area (Å²) in [5.74, 6) is 0.713. The van der Waals surface area contributed by atoms with Crippen LogP contribution in [0.5, 0.6) is 0 Å². The van der Waals surface area contributed by atoms with Crippen molar-refractivity contribution in [3.63, 3.8) is 0 Å². The van der Waals surface area contributed by atoms with Gasteiger partial charge in [0.1, 0.15) is 23.4 Å². The molecule has 3 aromatic rings. The molecule has 4 rings (SSSR count). The smallest absolute Gasteiger partial charge is 0.140 e. The molecule has 1 aromatic carbocycles. The van der Waals surface area contributed by atoms with E-state index in [1.807, 2.05) is 12.1 Å². The lowest BCUT2D eigenvalue weighted by Gasteiger charge is -2.05. The number of benzene rings is 1. The Hall–Kier alpha value is -2.74. The molecule has 1 aliphatic heterocycles. The Morgan fingerprint density at radius 1 is 1.29 bits per heavy atom. The van der Waals surface area contributed by atoms with Crippen molar-refractivity contribution in [2.24, 2.45) is 0 Å². The van der Waals surface area contributed by atoms with Crippen LogP contribution < -0.4 is 0 Å². The van der Waals surface area contributed by atoms with Crippen molar-refractivity contribution in [2.45, 2.75) is 19.4 Å². The summed E-state index contributed by atoms with van der Waals surface area (Å²) in [4.78, 5) is 8.49. The maximum absolute atomic E-state index is 14.3. The van der Waals surface area contributed by atoms with E-state index in [4.69, 9.17) is 5.26 Å². The highest BCUT2D eigenvalue weighted by atomic mass is 19.1. The van der Waals surface area contributed by atoms with Crippen molar-refractivity contribution in [3.8, 4) is 17.2 Å². The van der Waals surface area contributed by atoms with Crippen LogP contribution >= 0.6 is 0 Å². The van der Waals surface area contributed by atoms with E-state index >= 15 is 0 Å². The highest BCUT2D eigenvalue weighted by Gasteiger charge is 2.18. The van der Waals surface area contributed by atoms with Crippen molar-refractivity contribution in [1.29, 1.82) is 5.26 Å². The van der Waals surface area contributed by atoms with Gasteiger partial charge in [-0.1, -0.05) is 0 Å². The molecule has 0 bridgehead atoms. The highest BCUT2D eigenvalue weighted by molar-refractivity contribution is 5.83. The predicted molar refractivity (Wildman–Crippen MR) is 76.0 cm³/mol. The third-order valence-electron chi connectivity index (χ3n) is 3.89. The van der Waals surface area contributed by atoms with Gasteiger partial charge in [0.15, 0.2) is 0 Å². The van der Waals surface area contributed by atoms with Gasteiger partial charge in [0, 0.05) is 36.4 Å². The molecule has 0 N–H and O–H groups in total. The van der Waals surface area contributed by atoms with Gasteiger partial charge in [0.2, 0.25) is 0 Å². The molecular formula is C16H11FN4. The van der Waals surface area contributed by atoms with E-state index in [0.717, 1.165) is 30.7 Å². The molecular weight excluding hydrogens is 267 g/mol. The van der Waals surface area contributed by atoms with Gasteiger partial charge in [-0.2, -0.15) is 5.26 Å². The van der Waals surface area contributed by atoms with Gasteiger partial charge >= 0.3 is 0 Å². The van der Waals surface area contributed by atoms with Crippen LogP contribution in [-0.2, 0) is 13.0 Å². The van der Waals surface area contributed by atoms with Crippen LogP contribution in [0.1, 0.15) is 17.9 Å². The lowest BCUT2D eigenvalue weighted by Crippen LogP contribution is -1.93. The van der Waals surface area contributed by atoms with Gasteiger partial charge in [-0.3, -0.25) is 0 Å². The molecule has 1 aliphatic rings. The number of pyridine rings is 1. The molecule has 0 atom stereocenters. The summed E-state index contributed by atoms with van der Waals surface area (Å²) in [5, 5.41) is 8.77. The lowest BCUT2D eigenvalue weighted by atomic mass is 10.1. The van der Waals surface area contributed by atoms with E-state index in [9.17, 15) is 4.39 Å². The van der Waals surface area contributed by atoms with Crippen LogP contribution in [0.2, 0.25) is 0 Å². The van der Waals surface area contributed by atoms with Gasteiger partial charge in [-0.05, 0) is 24.6 Å². The van der Waals surface area contributed by atoms with Crippen LogP contribution in [0.15, 0.2) is 30.5 Å². The molecule has 5 heteroatoms. The zero-order chi connectivity index (χ0) is 14.4. The molecule has 21 heavy (non-hydrogen) atoms. The second kappa shape index (κ2) is 4.38. The van der Waals surface area contributed by atoms with E-state index in [2.05, 4.69) is 14.5 Å². The molecule has 0 saturated carbocycles. The van der Waals surface area contributed by atoms with Gasteiger partial charge in [-0.25, -0.2) is 14.4 Å². The Morgan fingerprint density at radius 2 is 2.19 bits per heavy atom. The first-order valence-electron chi connectivity index (χ1n) is 6.81. The number of nitriles is 1. The van der Waals surface area contributed by atoms with Crippen molar-refractivity contribution in [1.82, 2.24) is 14.5 Å². The molecule has 4 nitrogen and oxygen atoms in total. The summed E-state index contributed by atoms with van der Waals surface area (Å²) >= 11 is 0. The average molecular weight is 278 g/mol. The molecule has 0 unspecified atom stereocenters. The fourth-order valence-electron chi connectivity index (χ4n) is 2.87. The highest BCUT2D eigenvalue weighted by Crippen LogP contribution is 2.30. The van der Waals surface area contributed by atoms with E-state index < -0.39 is 0 Å². The molecule has 102 valence electrons. The summed E-state index contributed by atoms with van der Waals surface area (Å²) in [6.45, 7) is 0.933. The van der Waals surface area contributed by atoms with Crippen molar-refractivity contribution >= 4 is 11.0 Å². The molecule has 0 saturated heterocycles. The summed E-state index contributed by atoms with van der Waals surface area (Å²) < 4.78 is 16.5. The van der Waals surface area contributed by atoms with Gasteiger partial charge in [-0.15, -0.1) is 0 Å². The molecule has 2 aromatic heterocycles. The minimum atomic E-state index is -0.314. The molecule has 0 fully saturated rings. The monoisotopic (exact) mass is 278 g/mol. The quantitative estimate of drug-likeness (QED) is 0.687. The Balaban J connectivity index is 1.91. The fraction of sp³-hybridized carbons (Fsp3) is 0.188.